The molecule has 0 aliphatic rings. The summed E-state index contributed by atoms with van der Waals surface area (Å²) in [7, 11) is 1.26. The molecule has 0 aliphatic heterocycles. The van der Waals surface area contributed by atoms with Crippen LogP contribution in [0, 0.1) is 0 Å². The van der Waals surface area contributed by atoms with E-state index in [1.807, 2.05) is 0 Å². The summed E-state index contributed by atoms with van der Waals surface area (Å²) in [6, 6.07) is 11.0. The Kier molecular flexibility index (Phi) is 4.45. The van der Waals surface area contributed by atoms with Crippen molar-refractivity contribution >= 4 is 34.9 Å². The number of carbonyl (C=O) groups is 2. The zero-order chi connectivity index (χ0) is 15.4. The summed E-state index contributed by atoms with van der Waals surface area (Å²) < 4.78 is 4.69. The van der Waals surface area contributed by atoms with Gasteiger partial charge in [0.15, 0.2) is 0 Å². The van der Waals surface area contributed by atoms with Crippen LogP contribution in [-0.2, 0) is 4.74 Å². The van der Waals surface area contributed by atoms with Crippen molar-refractivity contribution in [1.82, 2.24) is 0 Å². The first-order valence-electron chi connectivity index (χ1n) is 6.00. The van der Waals surface area contributed by atoms with Gasteiger partial charge in [-0.1, -0.05) is 23.7 Å². The molecule has 0 amide bonds. The van der Waals surface area contributed by atoms with Crippen molar-refractivity contribution < 1.29 is 19.4 Å². The van der Waals surface area contributed by atoms with Gasteiger partial charge in [0, 0.05) is 5.02 Å². The van der Waals surface area contributed by atoms with Crippen LogP contribution in [0.1, 0.15) is 20.7 Å². The van der Waals surface area contributed by atoms with E-state index in [0.717, 1.165) is 0 Å². The van der Waals surface area contributed by atoms with Gasteiger partial charge in [0.25, 0.3) is 0 Å². The molecule has 0 fully saturated rings. The number of carboxylic acids is 1. The zero-order valence-corrected chi connectivity index (χ0v) is 11.8. The predicted molar refractivity (Wildman–Crippen MR) is 79.5 cm³/mol. The number of para-hydroxylation sites is 1. The van der Waals surface area contributed by atoms with Gasteiger partial charge in [-0.15, -0.1) is 0 Å². The van der Waals surface area contributed by atoms with Crippen molar-refractivity contribution in [2.45, 2.75) is 0 Å². The lowest BCUT2D eigenvalue weighted by Crippen LogP contribution is -2.08. The summed E-state index contributed by atoms with van der Waals surface area (Å²) in [6.45, 7) is 0. The molecule has 21 heavy (non-hydrogen) atoms. The molecule has 0 spiro atoms. The Morgan fingerprint density at radius 3 is 2.43 bits per heavy atom. The van der Waals surface area contributed by atoms with E-state index in [9.17, 15) is 9.59 Å². The van der Waals surface area contributed by atoms with Gasteiger partial charge >= 0.3 is 11.9 Å². The molecule has 0 unspecified atom stereocenters. The van der Waals surface area contributed by atoms with Crippen molar-refractivity contribution in [3.05, 3.63) is 58.6 Å². The molecule has 6 heteroatoms. The minimum Gasteiger partial charge on any atom is -0.478 e. The van der Waals surface area contributed by atoms with Gasteiger partial charge < -0.3 is 15.2 Å². The number of esters is 1. The number of carbonyl (C=O) groups excluding carboxylic acids is 1. The largest absolute Gasteiger partial charge is 0.478 e. The van der Waals surface area contributed by atoms with Gasteiger partial charge in [0.1, 0.15) is 0 Å². The summed E-state index contributed by atoms with van der Waals surface area (Å²) in [5.74, 6) is -1.63. The van der Waals surface area contributed by atoms with E-state index in [2.05, 4.69) is 5.32 Å². The van der Waals surface area contributed by atoms with Gasteiger partial charge in [0.05, 0.1) is 29.6 Å². The molecule has 0 radical (unpaired) electrons. The summed E-state index contributed by atoms with van der Waals surface area (Å²) in [6.07, 6.45) is 0. The quantitative estimate of drug-likeness (QED) is 0.845. The normalized spacial score (nSPS) is 10.0. The van der Waals surface area contributed by atoms with Crippen LogP contribution in [0.15, 0.2) is 42.5 Å². The lowest BCUT2D eigenvalue weighted by atomic mass is 10.1. The average Bonchev–Trinajstić information content (AvgIpc) is 2.48. The van der Waals surface area contributed by atoms with Crippen LogP contribution in [0.4, 0.5) is 11.4 Å². The monoisotopic (exact) mass is 305 g/mol. The molecule has 0 atom stereocenters. The number of benzene rings is 2. The van der Waals surface area contributed by atoms with Crippen LogP contribution in [0.2, 0.25) is 5.02 Å². The Morgan fingerprint density at radius 2 is 1.76 bits per heavy atom. The highest BCUT2D eigenvalue weighted by molar-refractivity contribution is 6.31. The fourth-order valence-corrected chi connectivity index (χ4v) is 2.00. The summed E-state index contributed by atoms with van der Waals surface area (Å²) >= 11 is 5.87. The first-order chi connectivity index (χ1) is 10.0. The fourth-order valence-electron chi connectivity index (χ4n) is 1.83. The smallest absolute Gasteiger partial charge is 0.340 e. The molecule has 0 saturated heterocycles. The Balaban J connectivity index is 2.45. The summed E-state index contributed by atoms with van der Waals surface area (Å²) in [4.78, 5) is 22.9. The topological polar surface area (TPSA) is 75.6 Å². The molecule has 0 aromatic heterocycles. The number of methoxy groups -OCH3 is 1. The predicted octanol–water partition coefficient (Wildman–Crippen LogP) is 3.57. The Hall–Kier alpha value is -2.53. The number of halogens is 1. The average molecular weight is 306 g/mol. The van der Waals surface area contributed by atoms with Crippen LogP contribution in [0.5, 0.6) is 0 Å². The molecule has 0 aliphatic carbocycles. The minimum absolute atomic E-state index is 0.100. The van der Waals surface area contributed by atoms with Crippen LogP contribution in [0.25, 0.3) is 0 Å². The van der Waals surface area contributed by atoms with Crippen molar-refractivity contribution in [2.75, 3.05) is 12.4 Å². The Morgan fingerprint density at radius 1 is 1.10 bits per heavy atom. The molecule has 2 N–H and O–H groups in total. The molecular weight excluding hydrogens is 294 g/mol. The number of hydrogen-bond acceptors (Lipinski definition) is 4. The fraction of sp³-hybridized carbons (Fsp3) is 0.0667. The van der Waals surface area contributed by atoms with Gasteiger partial charge in [0.2, 0.25) is 0 Å². The van der Waals surface area contributed by atoms with E-state index in [4.69, 9.17) is 21.4 Å². The first kappa shape index (κ1) is 14.9. The number of rotatable bonds is 4. The number of anilines is 2. The molecular formula is C15H12ClNO4. The second kappa shape index (κ2) is 6.28. The van der Waals surface area contributed by atoms with E-state index in [1.165, 1.54) is 19.2 Å². The van der Waals surface area contributed by atoms with Crippen LogP contribution in [-0.4, -0.2) is 24.2 Å². The molecule has 2 aromatic carbocycles. The Labute approximate surface area is 126 Å². The molecule has 0 bridgehead atoms. The van der Waals surface area contributed by atoms with Crippen molar-refractivity contribution in [1.29, 1.82) is 0 Å². The lowest BCUT2D eigenvalue weighted by molar-refractivity contribution is 0.0601. The molecule has 2 rings (SSSR count). The lowest BCUT2D eigenvalue weighted by Gasteiger charge is -2.13. The highest BCUT2D eigenvalue weighted by Gasteiger charge is 2.15. The molecule has 108 valence electrons. The van der Waals surface area contributed by atoms with Crippen molar-refractivity contribution in [3.63, 3.8) is 0 Å². The van der Waals surface area contributed by atoms with E-state index in [1.54, 1.807) is 30.3 Å². The van der Waals surface area contributed by atoms with Crippen molar-refractivity contribution in [2.24, 2.45) is 0 Å². The second-order valence-electron chi connectivity index (χ2n) is 4.16. The first-order valence-corrected chi connectivity index (χ1v) is 6.38. The molecule has 0 saturated carbocycles. The number of aromatic carboxylic acids is 1. The van der Waals surface area contributed by atoms with Crippen molar-refractivity contribution in [3.8, 4) is 0 Å². The third kappa shape index (κ3) is 3.32. The highest BCUT2D eigenvalue weighted by Crippen LogP contribution is 2.26. The van der Waals surface area contributed by atoms with Crippen LogP contribution in [0.3, 0.4) is 0 Å². The number of carboxylic acid groups (broad SMARTS) is 1. The van der Waals surface area contributed by atoms with Gasteiger partial charge in [-0.2, -0.15) is 0 Å². The molecule has 0 heterocycles. The zero-order valence-electron chi connectivity index (χ0n) is 11.1. The maximum absolute atomic E-state index is 11.8. The minimum atomic E-state index is -1.06. The Bertz CT molecular complexity index is 700. The maximum atomic E-state index is 11.8. The van der Waals surface area contributed by atoms with Gasteiger partial charge in [-0.05, 0) is 30.3 Å². The van der Waals surface area contributed by atoms with Crippen LogP contribution < -0.4 is 5.32 Å². The molecule has 2 aromatic rings. The maximum Gasteiger partial charge on any atom is 0.340 e. The van der Waals surface area contributed by atoms with E-state index in [-0.39, 0.29) is 11.1 Å². The van der Waals surface area contributed by atoms with Crippen LogP contribution >= 0.6 is 11.6 Å². The third-order valence-corrected chi connectivity index (χ3v) is 3.05. The second-order valence-corrected chi connectivity index (χ2v) is 4.59. The van der Waals surface area contributed by atoms with Gasteiger partial charge in [-0.3, -0.25) is 0 Å². The summed E-state index contributed by atoms with van der Waals surface area (Å²) in [5, 5.41) is 12.5. The van der Waals surface area contributed by atoms with E-state index < -0.39 is 11.9 Å². The van der Waals surface area contributed by atoms with Gasteiger partial charge in [-0.25, -0.2) is 9.59 Å². The SMILES string of the molecule is COC(=O)c1cc(Cl)ccc1Nc1ccccc1C(=O)O. The van der Waals surface area contributed by atoms with E-state index in [0.29, 0.717) is 16.4 Å². The van der Waals surface area contributed by atoms with E-state index >= 15 is 0 Å². The number of nitrogens with one attached hydrogen (secondary N) is 1. The number of hydrogen-bond donors (Lipinski definition) is 2. The highest BCUT2D eigenvalue weighted by atomic mass is 35.5. The summed E-state index contributed by atoms with van der Waals surface area (Å²) in [5.41, 5.74) is 1.12. The third-order valence-electron chi connectivity index (χ3n) is 2.81. The number of ether oxygens (including phenoxy) is 1. The molecule has 5 nitrogen and oxygen atoms in total. The standard InChI is InChI=1S/C15H12ClNO4/c1-21-15(20)11-8-9(16)6-7-13(11)17-12-5-3-2-4-10(12)14(18)19/h2-8,17H,1H3,(H,18,19).